The molecule has 0 aliphatic carbocycles. The van der Waals surface area contributed by atoms with Gasteiger partial charge in [-0.3, -0.25) is 10.1 Å². The van der Waals surface area contributed by atoms with E-state index in [9.17, 15) is 4.79 Å². The van der Waals surface area contributed by atoms with E-state index in [0.717, 1.165) is 4.90 Å². The Labute approximate surface area is 120 Å². The highest BCUT2D eigenvalue weighted by Gasteiger charge is 2.08. The Morgan fingerprint density at radius 1 is 1.26 bits per heavy atom. The summed E-state index contributed by atoms with van der Waals surface area (Å²) in [6, 6.07) is 8.94. The van der Waals surface area contributed by atoms with Crippen LogP contribution in [0.1, 0.15) is 16.1 Å². The molecule has 1 aromatic carbocycles. The molecule has 0 unspecified atom stereocenters. The number of carbonyl (C=O) groups is 1. The highest BCUT2D eigenvalue weighted by atomic mass is 35.5. The molecular weight excluding hydrogens is 282 g/mol. The number of benzene rings is 1. The number of anilines is 1. The summed E-state index contributed by atoms with van der Waals surface area (Å²) in [7, 11) is 0. The largest absolute Gasteiger partial charge is 0.290 e. The number of aromatic nitrogens is 2. The molecule has 1 heterocycles. The summed E-state index contributed by atoms with van der Waals surface area (Å²) in [5, 5.41) is 2.93. The van der Waals surface area contributed by atoms with Gasteiger partial charge in [-0.05, 0) is 43.5 Å². The molecule has 6 heteroatoms. The first kappa shape index (κ1) is 13.8. The maximum atomic E-state index is 12.0. The molecule has 98 valence electrons. The number of aryl methyl sites for hydroxylation is 1. The van der Waals surface area contributed by atoms with E-state index in [0.29, 0.717) is 16.4 Å². The summed E-state index contributed by atoms with van der Waals surface area (Å²) in [5.41, 5.74) is 1.26. The molecule has 0 saturated carbocycles. The number of amides is 1. The monoisotopic (exact) mass is 293 g/mol. The minimum absolute atomic E-state index is 0.212. The van der Waals surface area contributed by atoms with Crippen molar-refractivity contribution in [3.05, 3.63) is 46.7 Å². The van der Waals surface area contributed by atoms with Crippen LogP contribution in [-0.4, -0.2) is 22.1 Å². The van der Waals surface area contributed by atoms with Crippen molar-refractivity contribution in [1.29, 1.82) is 0 Å². The van der Waals surface area contributed by atoms with Crippen LogP contribution in [0.25, 0.3) is 0 Å². The van der Waals surface area contributed by atoms with E-state index in [1.807, 2.05) is 18.4 Å². The van der Waals surface area contributed by atoms with Crippen molar-refractivity contribution in [2.45, 2.75) is 11.8 Å². The molecule has 0 radical (unpaired) electrons. The highest BCUT2D eigenvalue weighted by molar-refractivity contribution is 7.98. The molecule has 0 spiro atoms. The molecular formula is C13H12ClN3OS. The molecule has 19 heavy (non-hydrogen) atoms. The Morgan fingerprint density at radius 3 is 2.53 bits per heavy atom. The van der Waals surface area contributed by atoms with E-state index in [2.05, 4.69) is 15.3 Å². The van der Waals surface area contributed by atoms with Gasteiger partial charge >= 0.3 is 0 Å². The van der Waals surface area contributed by atoms with E-state index in [-0.39, 0.29) is 11.9 Å². The van der Waals surface area contributed by atoms with Gasteiger partial charge in [0.2, 0.25) is 5.95 Å². The minimum atomic E-state index is -0.255. The first-order chi connectivity index (χ1) is 9.08. The second-order valence-electron chi connectivity index (χ2n) is 3.84. The lowest BCUT2D eigenvalue weighted by Crippen LogP contribution is -2.14. The molecule has 0 fully saturated rings. The van der Waals surface area contributed by atoms with Crippen LogP contribution in [0.4, 0.5) is 5.95 Å². The van der Waals surface area contributed by atoms with Crippen LogP contribution in [0.3, 0.4) is 0 Å². The molecule has 2 rings (SSSR count). The first-order valence-corrected chi connectivity index (χ1v) is 7.15. The van der Waals surface area contributed by atoms with Crippen LogP contribution >= 0.6 is 23.4 Å². The lowest BCUT2D eigenvalue weighted by atomic mass is 10.2. The van der Waals surface area contributed by atoms with Crippen LogP contribution < -0.4 is 5.32 Å². The Balaban J connectivity index is 2.15. The van der Waals surface area contributed by atoms with Gasteiger partial charge in [0, 0.05) is 16.2 Å². The Hall–Kier alpha value is -1.59. The smallest absolute Gasteiger partial charge is 0.258 e. The fourth-order valence-corrected chi connectivity index (χ4v) is 2.15. The number of rotatable bonds is 3. The predicted octanol–water partition coefficient (Wildman–Crippen LogP) is 3.41. The zero-order valence-electron chi connectivity index (χ0n) is 10.5. The van der Waals surface area contributed by atoms with Gasteiger partial charge in [-0.25, -0.2) is 9.97 Å². The summed E-state index contributed by atoms with van der Waals surface area (Å²) in [4.78, 5) is 21.2. The zero-order valence-corrected chi connectivity index (χ0v) is 12.0. The normalized spacial score (nSPS) is 10.3. The fourth-order valence-electron chi connectivity index (χ4n) is 1.50. The minimum Gasteiger partial charge on any atom is -0.290 e. The standard InChI is InChI=1S/C13H12ClN3OS/c1-8-7-11(14)16-13(15-8)17-12(18)9-3-5-10(19-2)6-4-9/h3-7H,1-2H3,(H,15,16,17,18). The Kier molecular flexibility index (Phi) is 4.39. The van der Waals surface area contributed by atoms with E-state index >= 15 is 0 Å². The maximum Gasteiger partial charge on any atom is 0.258 e. The van der Waals surface area contributed by atoms with Crippen molar-refractivity contribution >= 4 is 35.2 Å². The quantitative estimate of drug-likeness (QED) is 0.696. The molecule has 1 aromatic heterocycles. The molecule has 2 aromatic rings. The molecule has 1 N–H and O–H groups in total. The summed E-state index contributed by atoms with van der Waals surface area (Å²) in [6.45, 7) is 1.79. The summed E-state index contributed by atoms with van der Waals surface area (Å²) in [5.74, 6) is -0.0433. The second kappa shape index (κ2) is 6.04. The van der Waals surface area contributed by atoms with Gasteiger partial charge in [-0.15, -0.1) is 11.8 Å². The van der Waals surface area contributed by atoms with Gasteiger partial charge in [0.05, 0.1) is 0 Å². The van der Waals surface area contributed by atoms with Gasteiger partial charge in [-0.1, -0.05) is 11.6 Å². The predicted molar refractivity (Wildman–Crippen MR) is 78.0 cm³/mol. The van der Waals surface area contributed by atoms with Crippen molar-refractivity contribution in [1.82, 2.24) is 9.97 Å². The summed E-state index contributed by atoms with van der Waals surface area (Å²) >= 11 is 7.44. The lowest BCUT2D eigenvalue weighted by molar-refractivity contribution is 0.102. The molecule has 1 amide bonds. The molecule has 0 bridgehead atoms. The summed E-state index contributed by atoms with van der Waals surface area (Å²) in [6.07, 6.45) is 1.98. The van der Waals surface area contributed by atoms with Crippen molar-refractivity contribution in [3.8, 4) is 0 Å². The van der Waals surface area contributed by atoms with E-state index in [1.165, 1.54) is 0 Å². The first-order valence-electron chi connectivity index (χ1n) is 5.55. The molecule has 0 aliphatic heterocycles. The van der Waals surface area contributed by atoms with Crippen LogP contribution in [0.5, 0.6) is 0 Å². The molecule has 4 nitrogen and oxygen atoms in total. The third kappa shape index (κ3) is 3.68. The third-order valence-electron chi connectivity index (χ3n) is 2.40. The summed E-state index contributed by atoms with van der Waals surface area (Å²) < 4.78 is 0. The van der Waals surface area contributed by atoms with Crippen molar-refractivity contribution in [3.63, 3.8) is 0 Å². The van der Waals surface area contributed by atoms with Gasteiger partial charge in [0.1, 0.15) is 5.15 Å². The van der Waals surface area contributed by atoms with Crippen LogP contribution in [0, 0.1) is 6.92 Å². The Morgan fingerprint density at radius 2 is 1.95 bits per heavy atom. The fraction of sp³-hybridized carbons (Fsp3) is 0.154. The number of nitrogens with zero attached hydrogens (tertiary/aromatic N) is 2. The zero-order chi connectivity index (χ0) is 13.8. The maximum absolute atomic E-state index is 12.0. The number of hydrogen-bond acceptors (Lipinski definition) is 4. The van der Waals surface area contributed by atoms with Gasteiger partial charge in [0.25, 0.3) is 5.91 Å². The van der Waals surface area contributed by atoms with Crippen LogP contribution in [0.15, 0.2) is 35.2 Å². The van der Waals surface area contributed by atoms with Crippen molar-refractivity contribution in [2.24, 2.45) is 0 Å². The third-order valence-corrected chi connectivity index (χ3v) is 3.34. The molecule has 0 saturated heterocycles. The topological polar surface area (TPSA) is 54.9 Å². The average molecular weight is 294 g/mol. The van der Waals surface area contributed by atoms with Gasteiger partial charge in [0.15, 0.2) is 0 Å². The molecule has 0 aliphatic rings. The van der Waals surface area contributed by atoms with E-state index in [4.69, 9.17) is 11.6 Å². The van der Waals surface area contributed by atoms with Crippen LogP contribution in [0.2, 0.25) is 5.15 Å². The van der Waals surface area contributed by atoms with E-state index in [1.54, 1.807) is 36.9 Å². The number of carbonyl (C=O) groups excluding carboxylic acids is 1. The lowest BCUT2D eigenvalue weighted by Gasteiger charge is -2.05. The van der Waals surface area contributed by atoms with Gasteiger partial charge in [-0.2, -0.15) is 0 Å². The number of halogens is 1. The number of thioether (sulfide) groups is 1. The van der Waals surface area contributed by atoms with Crippen molar-refractivity contribution in [2.75, 3.05) is 11.6 Å². The Bertz CT molecular complexity index is 581. The SMILES string of the molecule is CSc1ccc(C(=O)Nc2nc(C)cc(Cl)n2)cc1. The number of hydrogen-bond donors (Lipinski definition) is 1. The van der Waals surface area contributed by atoms with Crippen molar-refractivity contribution < 1.29 is 4.79 Å². The van der Waals surface area contributed by atoms with Gasteiger partial charge < -0.3 is 0 Å². The van der Waals surface area contributed by atoms with E-state index < -0.39 is 0 Å². The molecule has 0 atom stereocenters. The van der Waals surface area contributed by atoms with Crippen LogP contribution in [-0.2, 0) is 0 Å². The second-order valence-corrected chi connectivity index (χ2v) is 5.11. The highest BCUT2D eigenvalue weighted by Crippen LogP contribution is 2.16. The average Bonchev–Trinajstić information content (AvgIpc) is 2.37. The number of nitrogens with one attached hydrogen (secondary N) is 1.